The highest BCUT2D eigenvalue weighted by atomic mass is 16.4. The standard InChI is InChI=1S/C17H16N6O2/c24-16(25)14-8-9-19-17(21-14)20-11-10-18-15-7-6-13(22-23-15)12-4-2-1-3-5-12/h1-9H,10-11H2,(H,18,23)(H,24,25)(H,19,20,21). The van der Waals surface area contributed by atoms with E-state index < -0.39 is 5.97 Å². The summed E-state index contributed by atoms with van der Waals surface area (Å²) in [5, 5.41) is 23.3. The SMILES string of the molecule is O=C(O)c1ccnc(NCCNc2ccc(-c3ccccc3)nn2)n1. The van der Waals surface area contributed by atoms with E-state index in [9.17, 15) is 4.79 Å². The van der Waals surface area contributed by atoms with E-state index in [4.69, 9.17) is 5.11 Å². The Hall–Kier alpha value is -3.55. The summed E-state index contributed by atoms with van der Waals surface area (Å²) in [7, 11) is 0. The third-order valence-electron chi connectivity index (χ3n) is 3.32. The number of hydrogen-bond donors (Lipinski definition) is 3. The molecule has 0 aliphatic heterocycles. The van der Waals surface area contributed by atoms with Gasteiger partial charge in [-0.05, 0) is 18.2 Å². The summed E-state index contributed by atoms with van der Waals surface area (Å²) >= 11 is 0. The summed E-state index contributed by atoms with van der Waals surface area (Å²) in [5.74, 6) is -0.161. The van der Waals surface area contributed by atoms with Crippen molar-refractivity contribution >= 4 is 17.7 Å². The zero-order valence-electron chi connectivity index (χ0n) is 13.3. The minimum absolute atomic E-state index is 0.0483. The van der Waals surface area contributed by atoms with Crippen molar-refractivity contribution in [1.29, 1.82) is 0 Å². The maximum atomic E-state index is 10.9. The van der Waals surface area contributed by atoms with E-state index in [-0.39, 0.29) is 11.6 Å². The van der Waals surface area contributed by atoms with Gasteiger partial charge in [-0.1, -0.05) is 30.3 Å². The molecule has 0 radical (unpaired) electrons. The third-order valence-corrected chi connectivity index (χ3v) is 3.32. The zero-order chi connectivity index (χ0) is 17.5. The van der Waals surface area contributed by atoms with Crippen molar-refractivity contribution < 1.29 is 9.90 Å². The molecule has 0 saturated heterocycles. The lowest BCUT2D eigenvalue weighted by Crippen LogP contribution is -2.16. The topological polar surface area (TPSA) is 113 Å². The molecule has 0 aliphatic rings. The van der Waals surface area contributed by atoms with Crippen molar-refractivity contribution in [2.45, 2.75) is 0 Å². The van der Waals surface area contributed by atoms with Crippen LogP contribution in [-0.4, -0.2) is 44.3 Å². The molecule has 8 nitrogen and oxygen atoms in total. The second kappa shape index (κ2) is 7.82. The Morgan fingerprint density at radius 1 is 0.960 bits per heavy atom. The summed E-state index contributed by atoms with van der Waals surface area (Å²) in [6, 6.07) is 14.9. The van der Waals surface area contributed by atoms with Gasteiger partial charge in [-0.25, -0.2) is 14.8 Å². The normalized spacial score (nSPS) is 10.2. The van der Waals surface area contributed by atoms with Crippen LogP contribution in [0.3, 0.4) is 0 Å². The summed E-state index contributed by atoms with van der Waals surface area (Å²) < 4.78 is 0. The molecular weight excluding hydrogens is 320 g/mol. The first-order valence-electron chi connectivity index (χ1n) is 7.65. The number of nitrogens with one attached hydrogen (secondary N) is 2. The van der Waals surface area contributed by atoms with Crippen molar-refractivity contribution in [3.05, 3.63) is 60.4 Å². The minimum Gasteiger partial charge on any atom is -0.477 e. The third kappa shape index (κ3) is 4.47. The van der Waals surface area contributed by atoms with Crippen molar-refractivity contribution in [1.82, 2.24) is 20.2 Å². The molecule has 0 amide bonds. The van der Waals surface area contributed by atoms with Crippen molar-refractivity contribution in [3.63, 3.8) is 0 Å². The van der Waals surface area contributed by atoms with Crippen LogP contribution in [0.4, 0.5) is 11.8 Å². The van der Waals surface area contributed by atoms with Crippen molar-refractivity contribution in [2.24, 2.45) is 0 Å². The largest absolute Gasteiger partial charge is 0.477 e. The second-order valence-electron chi connectivity index (χ2n) is 5.09. The van der Waals surface area contributed by atoms with E-state index in [0.29, 0.717) is 18.9 Å². The van der Waals surface area contributed by atoms with E-state index in [2.05, 4.69) is 30.8 Å². The van der Waals surface area contributed by atoms with Gasteiger partial charge in [-0.15, -0.1) is 10.2 Å². The number of aromatic carboxylic acids is 1. The molecule has 0 saturated carbocycles. The first kappa shape index (κ1) is 16.3. The molecule has 0 fully saturated rings. The minimum atomic E-state index is -1.09. The first-order valence-corrected chi connectivity index (χ1v) is 7.65. The number of carbonyl (C=O) groups is 1. The predicted molar refractivity (Wildman–Crippen MR) is 93.4 cm³/mol. The Labute approximate surface area is 144 Å². The monoisotopic (exact) mass is 336 g/mol. The highest BCUT2D eigenvalue weighted by Gasteiger charge is 2.05. The lowest BCUT2D eigenvalue weighted by molar-refractivity contribution is 0.0690. The van der Waals surface area contributed by atoms with Crippen LogP contribution in [-0.2, 0) is 0 Å². The Balaban J connectivity index is 1.49. The molecule has 3 N–H and O–H groups in total. The van der Waals surface area contributed by atoms with Crippen LogP contribution in [0.1, 0.15) is 10.5 Å². The lowest BCUT2D eigenvalue weighted by Gasteiger charge is -2.07. The fraction of sp³-hybridized carbons (Fsp3) is 0.118. The number of nitrogens with zero attached hydrogens (tertiary/aromatic N) is 4. The molecular formula is C17H16N6O2. The number of carboxylic acids is 1. The van der Waals surface area contributed by atoms with Gasteiger partial charge in [0, 0.05) is 24.8 Å². The van der Waals surface area contributed by atoms with E-state index in [1.165, 1.54) is 12.3 Å². The second-order valence-corrected chi connectivity index (χ2v) is 5.09. The zero-order valence-corrected chi connectivity index (χ0v) is 13.3. The van der Waals surface area contributed by atoms with E-state index in [1.807, 2.05) is 42.5 Å². The van der Waals surface area contributed by atoms with Crippen molar-refractivity contribution in [3.8, 4) is 11.3 Å². The molecule has 126 valence electrons. The quantitative estimate of drug-likeness (QED) is 0.563. The number of rotatable bonds is 7. The maximum Gasteiger partial charge on any atom is 0.354 e. The number of anilines is 2. The van der Waals surface area contributed by atoms with Crippen LogP contribution in [0.5, 0.6) is 0 Å². The average Bonchev–Trinajstić information content (AvgIpc) is 2.67. The van der Waals surface area contributed by atoms with Crippen LogP contribution in [0.15, 0.2) is 54.7 Å². The van der Waals surface area contributed by atoms with Crippen LogP contribution in [0, 0.1) is 0 Å². The average molecular weight is 336 g/mol. The Bertz CT molecular complexity index is 839. The first-order chi connectivity index (χ1) is 12.2. The van der Waals surface area contributed by atoms with Gasteiger partial charge in [-0.3, -0.25) is 0 Å². The predicted octanol–water partition coefficient (Wildman–Crippen LogP) is 2.16. The van der Waals surface area contributed by atoms with Gasteiger partial charge in [0.1, 0.15) is 5.82 Å². The smallest absolute Gasteiger partial charge is 0.354 e. The Morgan fingerprint density at radius 3 is 2.48 bits per heavy atom. The molecule has 2 heterocycles. The molecule has 0 aliphatic carbocycles. The molecule has 25 heavy (non-hydrogen) atoms. The van der Waals surface area contributed by atoms with E-state index >= 15 is 0 Å². The van der Waals surface area contributed by atoms with Gasteiger partial charge in [0.25, 0.3) is 0 Å². The number of hydrogen-bond acceptors (Lipinski definition) is 7. The molecule has 0 spiro atoms. The van der Waals surface area contributed by atoms with E-state index in [0.717, 1.165) is 11.3 Å². The van der Waals surface area contributed by atoms with Gasteiger partial charge in [0.2, 0.25) is 5.95 Å². The van der Waals surface area contributed by atoms with Crippen LogP contribution in [0.2, 0.25) is 0 Å². The maximum absolute atomic E-state index is 10.9. The molecule has 3 rings (SSSR count). The number of benzene rings is 1. The molecule has 0 bridgehead atoms. The molecule has 3 aromatic rings. The van der Waals surface area contributed by atoms with Crippen molar-refractivity contribution in [2.75, 3.05) is 23.7 Å². The highest BCUT2D eigenvalue weighted by molar-refractivity contribution is 5.85. The molecule has 0 atom stereocenters. The summed E-state index contributed by atoms with van der Waals surface area (Å²) in [5.41, 5.74) is 1.77. The highest BCUT2D eigenvalue weighted by Crippen LogP contribution is 2.16. The Kier molecular flexibility index (Phi) is 5.10. The van der Waals surface area contributed by atoms with Gasteiger partial charge < -0.3 is 15.7 Å². The molecule has 0 unspecified atom stereocenters. The fourth-order valence-corrected chi connectivity index (χ4v) is 2.12. The molecule has 1 aromatic carbocycles. The fourth-order valence-electron chi connectivity index (χ4n) is 2.12. The molecule has 8 heteroatoms. The van der Waals surface area contributed by atoms with Gasteiger partial charge in [-0.2, -0.15) is 0 Å². The van der Waals surface area contributed by atoms with E-state index in [1.54, 1.807) is 0 Å². The van der Waals surface area contributed by atoms with Gasteiger partial charge in [0.05, 0.1) is 5.69 Å². The number of aromatic nitrogens is 4. The van der Waals surface area contributed by atoms with Gasteiger partial charge in [0.15, 0.2) is 5.69 Å². The summed E-state index contributed by atoms with van der Waals surface area (Å²) in [6.07, 6.45) is 1.40. The number of carboxylic acid groups (broad SMARTS) is 1. The van der Waals surface area contributed by atoms with Crippen LogP contribution in [0.25, 0.3) is 11.3 Å². The van der Waals surface area contributed by atoms with Crippen LogP contribution < -0.4 is 10.6 Å². The van der Waals surface area contributed by atoms with Crippen LogP contribution >= 0.6 is 0 Å². The Morgan fingerprint density at radius 2 is 1.76 bits per heavy atom. The van der Waals surface area contributed by atoms with Gasteiger partial charge >= 0.3 is 5.97 Å². The molecule has 2 aromatic heterocycles. The lowest BCUT2D eigenvalue weighted by atomic mass is 10.1. The summed E-state index contributed by atoms with van der Waals surface area (Å²) in [6.45, 7) is 1.06. The summed E-state index contributed by atoms with van der Waals surface area (Å²) in [4.78, 5) is 18.7.